The summed E-state index contributed by atoms with van der Waals surface area (Å²) in [6.07, 6.45) is 12.7. The number of aliphatic hydroxyl groups excluding tert-OH is 2. The molecule has 140 valence electrons. The first-order valence-corrected chi connectivity index (χ1v) is 9.91. The normalized spacial score (nSPS) is 45.6. The largest absolute Gasteiger partial charge is 0.472 e. The lowest BCUT2D eigenvalue weighted by Crippen LogP contribution is -2.52. The van der Waals surface area contributed by atoms with E-state index in [1.54, 1.807) is 0 Å². The van der Waals surface area contributed by atoms with Gasteiger partial charge in [-0.3, -0.25) is 0 Å². The van der Waals surface area contributed by atoms with Crippen LogP contribution in [0.25, 0.3) is 0 Å². The topological polar surface area (TPSA) is 58.9 Å². The maximum absolute atomic E-state index is 9.23. The van der Waals surface area contributed by atoms with Crippen molar-refractivity contribution in [3.63, 3.8) is 0 Å². The van der Waals surface area contributed by atoms with Gasteiger partial charge in [0.25, 0.3) is 0 Å². The average molecular weight is 348 g/mol. The Kier molecular flexibility index (Phi) is 4.40. The molecule has 4 aliphatic rings. The molecule has 4 aliphatic carbocycles. The average Bonchev–Trinajstić information content (AvgIpc) is 2.93. The molecular formula is C21H32O4. The summed E-state index contributed by atoms with van der Waals surface area (Å²) in [5.74, 6) is 4.78. The molecule has 0 radical (unpaired) electrons. The van der Waals surface area contributed by atoms with Crippen LogP contribution in [0.3, 0.4) is 0 Å². The minimum atomic E-state index is -0.208. The standard InChI is InChI=1S/C21H32O4/c1-20-9-7-15(24-12-22)11-14(20)3-4-16-17-5-6-19(25-13-23)21(17,2)10-8-18(16)20/h6,11,14,16-18,22-23H,3-5,7-10,12-13H2,1-2H3/t14?,16-,17-,18+,20-,21-/m0/s1. The number of hydrogen-bond donors (Lipinski definition) is 2. The quantitative estimate of drug-likeness (QED) is 0.755. The summed E-state index contributed by atoms with van der Waals surface area (Å²) < 4.78 is 11.0. The first-order chi connectivity index (χ1) is 12.0. The number of ether oxygens (including phenoxy) is 2. The summed E-state index contributed by atoms with van der Waals surface area (Å²) in [5, 5.41) is 18.3. The molecule has 4 nitrogen and oxygen atoms in total. The first kappa shape index (κ1) is 17.4. The van der Waals surface area contributed by atoms with E-state index in [-0.39, 0.29) is 19.0 Å². The fourth-order valence-corrected chi connectivity index (χ4v) is 6.85. The number of fused-ring (bicyclic) bond motifs is 5. The maximum Gasteiger partial charge on any atom is 0.185 e. The second kappa shape index (κ2) is 6.31. The lowest BCUT2D eigenvalue weighted by Gasteiger charge is -2.59. The Morgan fingerprint density at radius 3 is 2.60 bits per heavy atom. The van der Waals surface area contributed by atoms with Gasteiger partial charge in [-0.2, -0.15) is 0 Å². The van der Waals surface area contributed by atoms with Crippen molar-refractivity contribution in [2.24, 2.45) is 34.5 Å². The van der Waals surface area contributed by atoms with Crippen LogP contribution in [0.5, 0.6) is 0 Å². The fraction of sp³-hybridized carbons (Fsp3) is 0.810. The summed E-state index contributed by atoms with van der Waals surface area (Å²) in [6, 6.07) is 0. The Morgan fingerprint density at radius 1 is 1.04 bits per heavy atom. The van der Waals surface area contributed by atoms with Gasteiger partial charge in [-0.1, -0.05) is 13.8 Å². The molecule has 25 heavy (non-hydrogen) atoms. The third-order valence-corrected chi connectivity index (χ3v) is 8.22. The highest BCUT2D eigenvalue weighted by Gasteiger charge is 2.58. The lowest BCUT2D eigenvalue weighted by molar-refractivity contribution is -0.0976. The summed E-state index contributed by atoms with van der Waals surface area (Å²) in [5.41, 5.74) is 0.468. The van der Waals surface area contributed by atoms with Crippen molar-refractivity contribution >= 4 is 0 Å². The van der Waals surface area contributed by atoms with Crippen molar-refractivity contribution in [1.82, 2.24) is 0 Å². The van der Waals surface area contributed by atoms with Crippen LogP contribution in [0.15, 0.2) is 23.7 Å². The van der Waals surface area contributed by atoms with Gasteiger partial charge in [0.05, 0.1) is 5.76 Å². The van der Waals surface area contributed by atoms with Crippen LogP contribution in [-0.4, -0.2) is 23.8 Å². The van der Waals surface area contributed by atoms with E-state index in [0.717, 1.165) is 42.6 Å². The van der Waals surface area contributed by atoms with E-state index in [9.17, 15) is 5.11 Å². The van der Waals surface area contributed by atoms with Gasteiger partial charge < -0.3 is 19.7 Å². The molecule has 4 rings (SSSR count). The van der Waals surface area contributed by atoms with Crippen molar-refractivity contribution < 1.29 is 19.7 Å². The third kappa shape index (κ3) is 2.56. The molecule has 0 aromatic carbocycles. The van der Waals surface area contributed by atoms with E-state index < -0.39 is 0 Å². The van der Waals surface area contributed by atoms with Gasteiger partial charge in [0.1, 0.15) is 5.76 Å². The van der Waals surface area contributed by atoms with Crippen molar-refractivity contribution in [3.05, 3.63) is 23.7 Å². The van der Waals surface area contributed by atoms with E-state index in [4.69, 9.17) is 14.6 Å². The summed E-state index contributed by atoms with van der Waals surface area (Å²) >= 11 is 0. The van der Waals surface area contributed by atoms with Crippen LogP contribution in [0.2, 0.25) is 0 Å². The zero-order valence-electron chi connectivity index (χ0n) is 15.5. The van der Waals surface area contributed by atoms with Crippen molar-refractivity contribution in [3.8, 4) is 0 Å². The van der Waals surface area contributed by atoms with Crippen LogP contribution in [0.1, 0.15) is 58.8 Å². The van der Waals surface area contributed by atoms with Gasteiger partial charge in [0, 0.05) is 11.8 Å². The molecule has 0 amide bonds. The predicted molar refractivity (Wildman–Crippen MR) is 95.0 cm³/mol. The Bertz CT molecular complexity index is 582. The van der Waals surface area contributed by atoms with Gasteiger partial charge in [-0.05, 0) is 79.8 Å². The number of allylic oxidation sites excluding steroid dienone is 4. The number of rotatable bonds is 4. The van der Waals surface area contributed by atoms with Crippen LogP contribution in [0.4, 0.5) is 0 Å². The first-order valence-electron chi connectivity index (χ1n) is 9.91. The zero-order chi connectivity index (χ0) is 17.7. The van der Waals surface area contributed by atoms with E-state index >= 15 is 0 Å². The van der Waals surface area contributed by atoms with E-state index in [1.807, 2.05) is 0 Å². The number of aliphatic hydroxyl groups is 2. The van der Waals surface area contributed by atoms with Crippen LogP contribution in [-0.2, 0) is 9.47 Å². The van der Waals surface area contributed by atoms with Gasteiger partial charge in [-0.25, -0.2) is 0 Å². The third-order valence-electron chi connectivity index (χ3n) is 8.22. The number of hydrogen-bond acceptors (Lipinski definition) is 4. The molecule has 2 saturated carbocycles. The molecule has 2 fully saturated rings. The minimum Gasteiger partial charge on any atom is -0.472 e. The SMILES string of the molecule is C[C@]12CCC(OCO)=CC1CC[C@@H]1[C@H]2CC[C@]2(C)C(OCO)=CC[C@@H]12. The van der Waals surface area contributed by atoms with Gasteiger partial charge in [0.15, 0.2) is 13.6 Å². The summed E-state index contributed by atoms with van der Waals surface area (Å²) in [7, 11) is 0. The molecule has 6 atom stereocenters. The molecule has 0 spiro atoms. The maximum atomic E-state index is 9.23. The molecular weight excluding hydrogens is 316 g/mol. The molecule has 4 heteroatoms. The zero-order valence-corrected chi connectivity index (χ0v) is 15.5. The second-order valence-electron chi connectivity index (χ2n) is 9.01. The van der Waals surface area contributed by atoms with E-state index in [1.165, 1.54) is 25.7 Å². The molecule has 0 heterocycles. The van der Waals surface area contributed by atoms with Crippen LogP contribution < -0.4 is 0 Å². The van der Waals surface area contributed by atoms with E-state index in [0.29, 0.717) is 17.3 Å². The molecule has 0 aromatic heterocycles. The molecule has 0 aliphatic heterocycles. The van der Waals surface area contributed by atoms with E-state index in [2.05, 4.69) is 26.0 Å². The van der Waals surface area contributed by atoms with Gasteiger partial charge >= 0.3 is 0 Å². The second-order valence-corrected chi connectivity index (χ2v) is 9.01. The van der Waals surface area contributed by atoms with Crippen LogP contribution in [0, 0.1) is 34.5 Å². The van der Waals surface area contributed by atoms with Crippen molar-refractivity contribution in [1.29, 1.82) is 0 Å². The highest BCUT2D eigenvalue weighted by molar-refractivity contribution is 5.22. The van der Waals surface area contributed by atoms with Gasteiger partial charge in [-0.15, -0.1) is 0 Å². The molecule has 0 bridgehead atoms. The smallest absolute Gasteiger partial charge is 0.185 e. The minimum absolute atomic E-state index is 0.114. The fourth-order valence-electron chi connectivity index (χ4n) is 6.85. The Morgan fingerprint density at radius 2 is 1.84 bits per heavy atom. The summed E-state index contributed by atoms with van der Waals surface area (Å²) in [6.45, 7) is 4.43. The Hall–Kier alpha value is -1.00. The molecule has 1 unspecified atom stereocenters. The Balaban J connectivity index is 1.57. The van der Waals surface area contributed by atoms with Crippen molar-refractivity contribution in [2.45, 2.75) is 58.8 Å². The predicted octanol–water partition coefficient (Wildman–Crippen LogP) is 3.95. The van der Waals surface area contributed by atoms with Crippen molar-refractivity contribution in [2.75, 3.05) is 13.6 Å². The Labute approximate surface area is 150 Å². The summed E-state index contributed by atoms with van der Waals surface area (Å²) in [4.78, 5) is 0. The highest BCUT2D eigenvalue weighted by Crippen LogP contribution is 2.66. The molecule has 2 N–H and O–H groups in total. The molecule has 0 aromatic rings. The van der Waals surface area contributed by atoms with Gasteiger partial charge in [0.2, 0.25) is 0 Å². The lowest BCUT2D eigenvalue weighted by atomic mass is 9.46. The van der Waals surface area contributed by atoms with Crippen LogP contribution >= 0.6 is 0 Å². The highest BCUT2D eigenvalue weighted by atomic mass is 16.6. The monoisotopic (exact) mass is 348 g/mol. The molecule has 0 saturated heterocycles.